The van der Waals surface area contributed by atoms with Crippen LogP contribution in [0.25, 0.3) is 0 Å². The Morgan fingerprint density at radius 2 is 1.00 bits per heavy atom. The van der Waals surface area contributed by atoms with E-state index in [0.717, 1.165) is 12.2 Å². The zero-order chi connectivity index (χ0) is 21.4. The summed E-state index contributed by atoms with van der Waals surface area (Å²) in [7, 11) is 0. The number of hydrogen-bond donors (Lipinski definition) is 0. The van der Waals surface area contributed by atoms with Crippen LogP contribution in [0.2, 0.25) is 0 Å². The maximum absolute atomic E-state index is 11.7. The third-order valence-corrected chi connectivity index (χ3v) is 3.33. The number of carbonyl (C=O) groups excluding carboxylic acids is 2. The van der Waals surface area contributed by atoms with Crippen molar-refractivity contribution in [3.8, 4) is 0 Å². The summed E-state index contributed by atoms with van der Waals surface area (Å²) in [6.45, 7) is 13.7. The Morgan fingerprint density at radius 3 is 1.32 bits per heavy atom. The van der Waals surface area contributed by atoms with E-state index in [1.807, 2.05) is 27.7 Å². The van der Waals surface area contributed by atoms with E-state index in [9.17, 15) is 9.59 Å². The van der Waals surface area contributed by atoms with Gasteiger partial charge in [0.2, 0.25) is 0 Å². The third-order valence-electron chi connectivity index (χ3n) is 3.33. The van der Waals surface area contributed by atoms with Crippen molar-refractivity contribution in [1.82, 2.24) is 0 Å². The first-order valence-electron chi connectivity index (χ1n) is 9.76. The molecule has 0 fully saturated rings. The molecular formula is C20H36O8. The van der Waals surface area contributed by atoms with E-state index in [4.69, 9.17) is 28.4 Å². The summed E-state index contributed by atoms with van der Waals surface area (Å²) < 4.78 is 31.8. The normalized spacial score (nSPS) is 15.8. The summed E-state index contributed by atoms with van der Waals surface area (Å²) in [5.74, 6) is -1.28. The maximum atomic E-state index is 11.7. The molecule has 0 aliphatic rings. The fourth-order valence-corrected chi connectivity index (χ4v) is 1.94. The smallest absolute Gasteiger partial charge is 0.331 e. The van der Waals surface area contributed by atoms with E-state index in [1.165, 1.54) is 0 Å². The van der Waals surface area contributed by atoms with Crippen LogP contribution in [0.5, 0.6) is 0 Å². The van der Waals surface area contributed by atoms with Crippen LogP contribution >= 0.6 is 0 Å². The molecule has 0 amide bonds. The van der Waals surface area contributed by atoms with Crippen LogP contribution in [0, 0.1) is 0 Å². The molecule has 0 saturated carbocycles. The molecule has 0 radical (unpaired) electrons. The summed E-state index contributed by atoms with van der Waals surface area (Å²) in [6.07, 6.45) is 0.993. The van der Waals surface area contributed by atoms with Crippen molar-refractivity contribution in [3.05, 3.63) is 12.2 Å². The molecule has 0 aromatic rings. The third kappa shape index (κ3) is 15.6. The van der Waals surface area contributed by atoms with E-state index in [0.29, 0.717) is 26.4 Å². The van der Waals surface area contributed by atoms with Crippen LogP contribution in [0.15, 0.2) is 12.2 Å². The van der Waals surface area contributed by atoms with Crippen LogP contribution in [0.4, 0.5) is 0 Å². The standard InChI is InChI=1S/C20H36O8/c1-7-23-11-15(3)25-13-17(5)27-19(21)9-10-20(22)28-18(6)14-26-16(4)12-24-8-2/h9-10,15-18H,7-8,11-14H2,1-6H3/b10-9+. The van der Waals surface area contributed by atoms with Gasteiger partial charge in [-0.1, -0.05) is 0 Å². The zero-order valence-corrected chi connectivity index (χ0v) is 18.0. The molecule has 4 atom stereocenters. The Hall–Kier alpha value is -1.48. The van der Waals surface area contributed by atoms with Crippen molar-refractivity contribution in [2.75, 3.05) is 39.6 Å². The first kappa shape index (κ1) is 26.5. The van der Waals surface area contributed by atoms with Gasteiger partial charge < -0.3 is 28.4 Å². The maximum Gasteiger partial charge on any atom is 0.331 e. The van der Waals surface area contributed by atoms with Gasteiger partial charge in [0.25, 0.3) is 0 Å². The molecule has 0 rings (SSSR count). The fraction of sp³-hybridized carbons (Fsp3) is 0.800. The van der Waals surface area contributed by atoms with E-state index in [2.05, 4.69) is 0 Å². The van der Waals surface area contributed by atoms with Crippen molar-refractivity contribution in [3.63, 3.8) is 0 Å². The molecule has 0 bridgehead atoms. The lowest BCUT2D eigenvalue weighted by molar-refractivity contribution is -0.149. The lowest BCUT2D eigenvalue weighted by Crippen LogP contribution is -2.25. The van der Waals surface area contributed by atoms with Crippen molar-refractivity contribution in [2.24, 2.45) is 0 Å². The predicted octanol–water partition coefficient (Wildman–Crippen LogP) is 2.29. The number of rotatable bonds is 16. The molecule has 0 aliphatic carbocycles. The molecule has 0 N–H and O–H groups in total. The Labute approximate surface area is 168 Å². The minimum atomic E-state index is -0.639. The molecule has 8 nitrogen and oxygen atoms in total. The molecule has 0 heterocycles. The van der Waals surface area contributed by atoms with Crippen molar-refractivity contribution >= 4 is 11.9 Å². The molecule has 0 aromatic carbocycles. The first-order chi connectivity index (χ1) is 13.3. The lowest BCUT2D eigenvalue weighted by atomic mass is 10.4. The van der Waals surface area contributed by atoms with Gasteiger partial charge in [-0.25, -0.2) is 9.59 Å². The topological polar surface area (TPSA) is 89.5 Å². The van der Waals surface area contributed by atoms with Crippen molar-refractivity contribution in [1.29, 1.82) is 0 Å². The monoisotopic (exact) mass is 404 g/mol. The highest BCUT2D eigenvalue weighted by Crippen LogP contribution is 2.01. The molecule has 0 aliphatic heterocycles. The van der Waals surface area contributed by atoms with Gasteiger partial charge in [0.05, 0.1) is 38.6 Å². The molecule has 0 saturated heterocycles. The SMILES string of the molecule is CCOCC(C)OCC(C)OC(=O)/C=C/C(=O)OC(C)COC(C)COCC. The Kier molecular flexibility index (Phi) is 15.6. The van der Waals surface area contributed by atoms with Gasteiger partial charge >= 0.3 is 11.9 Å². The highest BCUT2D eigenvalue weighted by molar-refractivity contribution is 5.91. The summed E-state index contributed by atoms with van der Waals surface area (Å²) >= 11 is 0. The second kappa shape index (κ2) is 16.5. The molecule has 164 valence electrons. The molecular weight excluding hydrogens is 368 g/mol. The summed E-state index contributed by atoms with van der Waals surface area (Å²) in [4.78, 5) is 23.5. The average molecular weight is 405 g/mol. The van der Waals surface area contributed by atoms with E-state index < -0.39 is 24.1 Å². The second-order valence-corrected chi connectivity index (χ2v) is 6.44. The van der Waals surface area contributed by atoms with Gasteiger partial charge in [-0.05, 0) is 41.5 Å². The number of esters is 2. The van der Waals surface area contributed by atoms with Crippen LogP contribution in [-0.2, 0) is 38.0 Å². The van der Waals surface area contributed by atoms with E-state index >= 15 is 0 Å². The van der Waals surface area contributed by atoms with Gasteiger partial charge in [0.15, 0.2) is 0 Å². The lowest BCUT2D eigenvalue weighted by Gasteiger charge is -2.17. The molecule has 4 unspecified atom stereocenters. The van der Waals surface area contributed by atoms with Crippen molar-refractivity contribution < 1.29 is 38.0 Å². The number of hydrogen-bond acceptors (Lipinski definition) is 8. The quantitative estimate of drug-likeness (QED) is 0.286. The summed E-state index contributed by atoms with van der Waals surface area (Å²) in [5.41, 5.74) is 0. The second-order valence-electron chi connectivity index (χ2n) is 6.44. The van der Waals surface area contributed by atoms with Crippen LogP contribution < -0.4 is 0 Å². The highest BCUT2D eigenvalue weighted by atomic mass is 16.6. The fourth-order valence-electron chi connectivity index (χ4n) is 1.94. The summed E-state index contributed by atoms with van der Waals surface area (Å²) in [5, 5.41) is 0. The Balaban J connectivity index is 4.03. The number of carbonyl (C=O) groups is 2. The Morgan fingerprint density at radius 1 is 0.643 bits per heavy atom. The summed E-state index contributed by atoms with van der Waals surface area (Å²) in [6, 6.07) is 0. The van der Waals surface area contributed by atoms with Gasteiger partial charge in [0.1, 0.15) is 12.2 Å². The van der Waals surface area contributed by atoms with Gasteiger partial charge in [-0.15, -0.1) is 0 Å². The highest BCUT2D eigenvalue weighted by Gasteiger charge is 2.12. The van der Waals surface area contributed by atoms with Gasteiger partial charge in [-0.3, -0.25) is 0 Å². The van der Waals surface area contributed by atoms with E-state index in [-0.39, 0.29) is 25.4 Å². The average Bonchev–Trinajstić information content (AvgIpc) is 2.65. The van der Waals surface area contributed by atoms with Crippen molar-refractivity contribution in [2.45, 2.75) is 66.0 Å². The molecule has 0 spiro atoms. The molecule has 8 heteroatoms. The predicted molar refractivity (Wildman–Crippen MR) is 104 cm³/mol. The first-order valence-corrected chi connectivity index (χ1v) is 9.76. The molecule has 28 heavy (non-hydrogen) atoms. The molecule has 0 aromatic heterocycles. The van der Waals surface area contributed by atoms with Gasteiger partial charge in [0, 0.05) is 25.4 Å². The minimum Gasteiger partial charge on any atom is -0.457 e. The number of ether oxygens (including phenoxy) is 6. The Bertz CT molecular complexity index is 411. The van der Waals surface area contributed by atoms with Crippen LogP contribution in [-0.4, -0.2) is 76.0 Å². The van der Waals surface area contributed by atoms with Crippen LogP contribution in [0.1, 0.15) is 41.5 Å². The minimum absolute atomic E-state index is 0.0911. The zero-order valence-electron chi connectivity index (χ0n) is 18.0. The van der Waals surface area contributed by atoms with E-state index in [1.54, 1.807) is 13.8 Å². The van der Waals surface area contributed by atoms with Gasteiger partial charge in [-0.2, -0.15) is 0 Å². The largest absolute Gasteiger partial charge is 0.457 e. The van der Waals surface area contributed by atoms with Crippen LogP contribution in [0.3, 0.4) is 0 Å².